The van der Waals surface area contributed by atoms with Crippen LogP contribution in [0.25, 0.3) is 0 Å². The summed E-state index contributed by atoms with van der Waals surface area (Å²) in [6.45, 7) is 1.36. The van der Waals surface area contributed by atoms with Gasteiger partial charge in [0.15, 0.2) is 16.4 Å². The number of nitrogens with one attached hydrogen (secondary N) is 1. The number of rotatable bonds is 5. The van der Waals surface area contributed by atoms with E-state index in [2.05, 4.69) is 21.2 Å². The predicted octanol–water partition coefficient (Wildman–Crippen LogP) is 2.96. The van der Waals surface area contributed by atoms with Crippen molar-refractivity contribution in [3.05, 3.63) is 58.1 Å². The minimum absolute atomic E-state index is 0.0997. The third kappa shape index (κ3) is 5.14. The van der Waals surface area contributed by atoms with Crippen LogP contribution in [-0.4, -0.2) is 33.2 Å². The summed E-state index contributed by atoms with van der Waals surface area (Å²) >= 11 is 3.36. The molecule has 0 aliphatic carbocycles. The van der Waals surface area contributed by atoms with Crippen molar-refractivity contribution in [1.82, 2.24) is 0 Å². The average molecular weight is 426 g/mol. The maximum Gasteiger partial charge on any atom is 0.339 e. The number of carbonyl (C=O) groups excluding carboxylic acids is 2. The summed E-state index contributed by atoms with van der Waals surface area (Å²) in [6, 6.07) is 11.0. The third-order valence-corrected chi connectivity index (χ3v) is 5.33. The molecule has 0 aromatic heterocycles. The molecule has 0 fully saturated rings. The molecule has 8 heteroatoms. The van der Waals surface area contributed by atoms with Crippen LogP contribution in [0.5, 0.6) is 0 Å². The number of esters is 1. The van der Waals surface area contributed by atoms with Crippen molar-refractivity contribution in [3.8, 4) is 0 Å². The van der Waals surface area contributed by atoms with E-state index < -0.39 is 28.3 Å². The Labute approximate surface area is 154 Å². The van der Waals surface area contributed by atoms with Crippen molar-refractivity contribution in [2.45, 2.75) is 11.8 Å². The van der Waals surface area contributed by atoms with E-state index >= 15 is 0 Å². The van der Waals surface area contributed by atoms with Crippen LogP contribution in [0.1, 0.15) is 15.9 Å². The summed E-state index contributed by atoms with van der Waals surface area (Å²) in [5, 5.41) is 2.61. The zero-order valence-electron chi connectivity index (χ0n) is 13.6. The van der Waals surface area contributed by atoms with E-state index in [-0.39, 0.29) is 10.5 Å². The summed E-state index contributed by atoms with van der Waals surface area (Å²) in [7, 11) is -3.58. The number of anilines is 1. The van der Waals surface area contributed by atoms with Gasteiger partial charge in [-0.1, -0.05) is 28.1 Å². The smallest absolute Gasteiger partial charge is 0.339 e. The zero-order chi connectivity index (χ0) is 18.6. The maximum atomic E-state index is 12.1. The van der Waals surface area contributed by atoms with Crippen molar-refractivity contribution in [2.24, 2.45) is 0 Å². The van der Waals surface area contributed by atoms with Crippen molar-refractivity contribution in [1.29, 1.82) is 0 Å². The molecule has 1 amide bonds. The molecule has 0 spiro atoms. The third-order valence-electron chi connectivity index (χ3n) is 3.28. The number of halogens is 1. The van der Waals surface area contributed by atoms with Gasteiger partial charge in [-0.2, -0.15) is 0 Å². The van der Waals surface area contributed by atoms with Crippen LogP contribution in [0, 0.1) is 6.92 Å². The van der Waals surface area contributed by atoms with E-state index in [4.69, 9.17) is 4.74 Å². The number of aryl methyl sites for hydroxylation is 1. The Morgan fingerprint density at radius 2 is 1.84 bits per heavy atom. The highest BCUT2D eigenvalue weighted by Gasteiger charge is 2.20. The van der Waals surface area contributed by atoms with Gasteiger partial charge in [0, 0.05) is 16.4 Å². The van der Waals surface area contributed by atoms with Crippen LogP contribution in [0.3, 0.4) is 0 Å². The Hall–Kier alpha value is -2.19. The molecule has 6 nitrogen and oxygen atoms in total. The number of ether oxygens (including phenoxy) is 1. The lowest BCUT2D eigenvalue weighted by molar-refractivity contribution is -0.119. The van der Waals surface area contributed by atoms with Crippen LogP contribution in [0.15, 0.2) is 51.8 Å². The maximum absolute atomic E-state index is 12.1. The highest BCUT2D eigenvalue weighted by Crippen LogP contribution is 2.20. The highest BCUT2D eigenvalue weighted by molar-refractivity contribution is 9.10. The van der Waals surface area contributed by atoms with Gasteiger partial charge < -0.3 is 10.1 Å². The van der Waals surface area contributed by atoms with Gasteiger partial charge in [0.2, 0.25) is 0 Å². The number of hydrogen-bond donors (Lipinski definition) is 1. The first kappa shape index (κ1) is 19.1. The fourth-order valence-electron chi connectivity index (χ4n) is 2.09. The van der Waals surface area contributed by atoms with Gasteiger partial charge in [-0.3, -0.25) is 4.79 Å². The number of benzene rings is 2. The summed E-state index contributed by atoms with van der Waals surface area (Å²) < 4.78 is 29.3. The normalized spacial score (nSPS) is 11.0. The standard InChI is InChI=1S/C17H16BrNO5S/c1-11-9-12(7-8-14(11)18)19-16(20)10-24-17(21)13-5-3-4-6-15(13)25(2,22)23/h3-9H,10H2,1-2H3,(H,19,20). The second kappa shape index (κ2) is 7.79. The lowest BCUT2D eigenvalue weighted by Gasteiger charge is -2.09. The van der Waals surface area contributed by atoms with Gasteiger partial charge in [0.25, 0.3) is 5.91 Å². The molecule has 2 aromatic rings. The van der Waals surface area contributed by atoms with Gasteiger partial charge in [-0.05, 0) is 42.8 Å². The molecule has 0 radical (unpaired) electrons. The number of sulfone groups is 1. The topological polar surface area (TPSA) is 89.5 Å². The molecule has 0 unspecified atom stereocenters. The van der Waals surface area contributed by atoms with E-state index in [9.17, 15) is 18.0 Å². The summed E-state index contributed by atoms with van der Waals surface area (Å²) in [5.74, 6) is -1.39. The molecule has 132 valence electrons. The SMILES string of the molecule is Cc1cc(NC(=O)COC(=O)c2ccccc2S(C)(=O)=O)ccc1Br. The minimum Gasteiger partial charge on any atom is -0.452 e. The van der Waals surface area contributed by atoms with Gasteiger partial charge in [-0.25, -0.2) is 13.2 Å². The van der Waals surface area contributed by atoms with Crippen molar-refractivity contribution in [3.63, 3.8) is 0 Å². The largest absolute Gasteiger partial charge is 0.452 e. The summed E-state index contributed by atoms with van der Waals surface area (Å²) in [4.78, 5) is 23.9. The molecule has 0 atom stereocenters. The molecular formula is C17H16BrNO5S. The Bertz CT molecular complexity index is 924. The first-order valence-corrected chi connectivity index (χ1v) is 9.89. The lowest BCUT2D eigenvalue weighted by atomic mass is 10.2. The van der Waals surface area contributed by atoms with Crippen LogP contribution in [-0.2, 0) is 19.4 Å². The van der Waals surface area contributed by atoms with E-state index in [1.807, 2.05) is 6.92 Å². The number of carbonyl (C=O) groups is 2. The second-order valence-electron chi connectivity index (χ2n) is 5.36. The molecule has 2 aromatic carbocycles. The molecule has 2 rings (SSSR count). The van der Waals surface area contributed by atoms with Gasteiger partial charge >= 0.3 is 5.97 Å². The monoisotopic (exact) mass is 425 g/mol. The van der Waals surface area contributed by atoms with Crippen LogP contribution in [0.2, 0.25) is 0 Å². The molecule has 25 heavy (non-hydrogen) atoms. The quantitative estimate of drug-likeness (QED) is 0.743. The summed E-state index contributed by atoms with van der Waals surface area (Å²) in [6.07, 6.45) is 1.00. The van der Waals surface area contributed by atoms with Crippen molar-refractivity contribution in [2.75, 3.05) is 18.2 Å². The Morgan fingerprint density at radius 1 is 1.16 bits per heavy atom. The van der Waals surface area contributed by atoms with E-state index in [0.29, 0.717) is 5.69 Å². The Morgan fingerprint density at radius 3 is 2.48 bits per heavy atom. The highest BCUT2D eigenvalue weighted by atomic mass is 79.9. The molecule has 0 bridgehead atoms. The zero-order valence-corrected chi connectivity index (χ0v) is 16.0. The van der Waals surface area contributed by atoms with E-state index in [1.54, 1.807) is 18.2 Å². The molecule has 0 saturated heterocycles. The predicted molar refractivity (Wildman–Crippen MR) is 97.3 cm³/mol. The van der Waals surface area contributed by atoms with Crippen LogP contribution >= 0.6 is 15.9 Å². The fourth-order valence-corrected chi connectivity index (χ4v) is 3.21. The number of amides is 1. The van der Waals surface area contributed by atoms with Crippen molar-refractivity contribution < 1.29 is 22.7 Å². The van der Waals surface area contributed by atoms with Gasteiger partial charge in [0.05, 0.1) is 10.5 Å². The van der Waals surface area contributed by atoms with Crippen molar-refractivity contribution >= 4 is 43.3 Å². The minimum atomic E-state index is -3.58. The van der Waals surface area contributed by atoms with E-state index in [1.165, 1.54) is 24.3 Å². The van der Waals surface area contributed by atoms with E-state index in [0.717, 1.165) is 16.3 Å². The summed E-state index contributed by atoms with van der Waals surface area (Å²) in [5.41, 5.74) is 1.41. The molecular weight excluding hydrogens is 410 g/mol. The van der Waals surface area contributed by atoms with Gasteiger partial charge in [-0.15, -0.1) is 0 Å². The first-order chi connectivity index (χ1) is 11.7. The molecule has 0 heterocycles. The first-order valence-electron chi connectivity index (χ1n) is 7.20. The fraction of sp³-hybridized carbons (Fsp3) is 0.176. The molecule has 0 saturated carbocycles. The molecule has 0 aliphatic rings. The lowest BCUT2D eigenvalue weighted by Crippen LogP contribution is -2.21. The molecule has 1 N–H and O–H groups in total. The van der Waals surface area contributed by atoms with Crippen LogP contribution in [0.4, 0.5) is 5.69 Å². The molecule has 0 aliphatic heterocycles. The van der Waals surface area contributed by atoms with Crippen LogP contribution < -0.4 is 5.32 Å². The second-order valence-corrected chi connectivity index (χ2v) is 8.20. The average Bonchev–Trinajstić information content (AvgIpc) is 2.55. The number of hydrogen-bond acceptors (Lipinski definition) is 5. The Kier molecular flexibility index (Phi) is 5.97. The van der Waals surface area contributed by atoms with Gasteiger partial charge in [0.1, 0.15) is 0 Å². The Balaban J connectivity index is 2.03.